The molecule has 4 rings (SSSR count). The van der Waals surface area contributed by atoms with Gasteiger partial charge in [0.25, 0.3) is 5.91 Å². The number of nitrogens with zero attached hydrogens (tertiary/aromatic N) is 1. The van der Waals surface area contributed by atoms with E-state index in [1.54, 1.807) is 65.6 Å². The van der Waals surface area contributed by atoms with Gasteiger partial charge < -0.3 is 15.4 Å². The van der Waals surface area contributed by atoms with E-state index in [0.717, 1.165) is 11.3 Å². The van der Waals surface area contributed by atoms with Crippen LogP contribution in [-0.2, 0) is 6.61 Å². The van der Waals surface area contributed by atoms with Crippen LogP contribution in [0.5, 0.6) is 5.75 Å². The second-order valence-electron chi connectivity index (χ2n) is 6.91. The van der Waals surface area contributed by atoms with E-state index in [1.165, 1.54) is 0 Å². The number of ether oxygens (including phenoxy) is 1. The fourth-order valence-corrected chi connectivity index (χ4v) is 3.71. The molecular formula is C23H19Cl2N3O3. The van der Waals surface area contributed by atoms with Gasteiger partial charge in [0.1, 0.15) is 12.4 Å². The molecule has 158 valence electrons. The van der Waals surface area contributed by atoms with Gasteiger partial charge in [0, 0.05) is 40.1 Å². The van der Waals surface area contributed by atoms with E-state index in [2.05, 4.69) is 10.6 Å². The highest BCUT2D eigenvalue weighted by Crippen LogP contribution is 2.26. The molecule has 0 radical (unpaired) electrons. The van der Waals surface area contributed by atoms with Crippen molar-refractivity contribution >= 4 is 46.5 Å². The molecular weight excluding hydrogens is 437 g/mol. The molecule has 8 heteroatoms. The first-order chi connectivity index (χ1) is 15.0. The van der Waals surface area contributed by atoms with Crippen molar-refractivity contribution < 1.29 is 14.3 Å². The van der Waals surface area contributed by atoms with Gasteiger partial charge in [-0.25, -0.2) is 4.79 Å². The van der Waals surface area contributed by atoms with Gasteiger partial charge in [-0.1, -0.05) is 47.5 Å². The highest BCUT2D eigenvalue weighted by molar-refractivity contribution is 6.35. The van der Waals surface area contributed by atoms with Crippen molar-refractivity contribution in [3.63, 3.8) is 0 Å². The molecule has 2 N–H and O–H groups in total. The number of benzene rings is 3. The van der Waals surface area contributed by atoms with Gasteiger partial charge in [-0.05, 0) is 42.5 Å². The first-order valence-electron chi connectivity index (χ1n) is 9.64. The third-order valence-electron chi connectivity index (χ3n) is 4.80. The fourth-order valence-electron chi connectivity index (χ4n) is 3.24. The molecule has 3 aromatic carbocycles. The summed E-state index contributed by atoms with van der Waals surface area (Å²) < 4.78 is 5.87. The number of halogens is 2. The van der Waals surface area contributed by atoms with Gasteiger partial charge in [0.05, 0.1) is 5.56 Å². The van der Waals surface area contributed by atoms with E-state index in [-0.39, 0.29) is 18.5 Å². The third-order valence-corrected chi connectivity index (χ3v) is 5.39. The lowest BCUT2D eigenvalue weighted by Crippen LogP contribution is -2.27. The summed E-state index contributed by atoms with van der Waals surface area (Å²) >= 11 is 12.1. The Bertz CT molecular complexity index is 1140. The van der Waals surface area contributed by atoms with Crippen LogP contribution >= 0.6 is 23.2 Å². The second-order valence-corrected chi connectivity index (χ2v) is 7.75. The van der Waals surface area contributed by atoms with E-state index in [9.17, 15) is 9.59 Å². The van der Waals surface area contributed by atoms with Crippen molar-refractivity contribution in [3.05, 3.63) is 87.9 Å². The lowest BCUT2D eigenvalue weighted by molar-refractivity contribution is 0.102. The topological polar surface area (TPSA) is 70.7 Å². The fraction of sp³-hybridized carbons (Fsp3) is 0.130. The minimum Gasteiger partial charge on any atom is -0.488 e. The number of hydrogen-bond donors (Lipinski definition) is 2. The molecule has 1 saturated heterocycles. The number of nitrogens with one attached hydrogen (secondary N) is 2. The average molecular weight is 456 g/mol. The predicted octanol–water partition coefficient (Wildman–Crippen LogP) is 5.35. The standard InChI is InChI=1S/C23H19Cl2N3O3/c24-16-9-8-15(20(25)12-16)14-31-21-7-2-1-6-19(21)22(29)27-17-4-3-5-18(13-17)28-11-10-26-23(28)30/h1-9,12-13H,10-11,14H2,(H,26,30)(H,27,29). The highest BCUT2D eigenvalue weighted by atomic mass is 35.5. The summed E-state index contributed by atoms with van der Waals surface area (Å²) in [5.41, 5.74) is 2.45. The minimum atomic E-state index is -0.319. The van der Waals surface area contributed by atoms with Crippen LogP contribution in [0.1, 0.15) is 15.9 Å². The van der Waals surface area contributed by atoms with Gasteiger partial charge in [0.15, 0.2) is 0 Å². The number of hydrogen-bond acceptors (Lipinski definition) is 3. The van der Waals surface area contributed by atoms with Crippen LogP contribution in [0.25, 0.3) is 0 Å². The quantitative estimate of drug-likeness (QED) is 0.525. The van der Waals surface area contributed by atoms with E-state index in [0.29, 0.717) is 40.1 Å². The number of para-hydroxylation sites is 1. The summed E-state index contributed by atoms with van der Waals surface area (Å²) in [5, 5.41) is 6.68. The Hall–Kier alpha value is -3.22. The number of anilines is 2. The Morgan fingerprint density at radius 3 is 2.68 bits per heavy atom. The Labute approximate surface area is 189 Å². The molecule has 0 spiro atoms. The maximum absolute atomic E-state index is 12.9. The first-order valence-corrected chi connectivity index (χ1v) is 10.4. The molecule has 1 heterocycles. The molecule has 3 aromatic rings. The van der Waals surface area contributed by atoms with Crippen LogP contribution in [0.4, 0.5) is 16.2 Å². The van der Waals surface area contributed by atoms with E-state index >= 15 is 0 Å². The zero-order valence-corrected chi connectivity index (χ0v) is 17.9. The van der Waals surface area contributed by atoms with E-state index in [1.807, 2.05) is 6.07 Å². The summed E-state index contributed by atoms with van der Waals surface area (Å²) in [4.78, 5) is 26.5. The Balaban J connectivity index is 1.49. The number of carbonyl (C=O) groups is 2. The Morgan fingerprint density at radius 1 is 1.06 bits per heavy atom. The van der Waals surface area contributed by atoms with Gasteiger partial charge in [-0.15, -0.1) is 0 Å². The summed E-state index contributed by atoms with van der Waals surface area (Å²) in [7, 11) is 0. The smallest absolute Gasteiger partial charge is 0.321 e. The number of urea groups is 1. The predicted molar refractivity (Wildman–Crippen MR) is 122 cm³/mol. The van der Waals surface area contributed by atoms with E-state index in [4.69, 9.17) is 27.9 Å². The third kappa shape index (κ3) is 4.93. The lowest BCUT2D eigenvalue weighted by atomic mass is 10.1. The van der Waals surface area contributed by atoms with Crippen LogP contribution in [-0.4, -0.2) is 25.0 Å². The van der Waals surface area contributed by atoms with Crippen molar-refractivity contribution in [2.24, 2.45) is 0 Å². The first kappa shape index (κ1) is 21.0. The molecule has 3 amide bonds. The molecule has 0 bridgehead atoms. The van der Waals surface area contributed by atoms with Crippen LogP contribution in [0.2, 0.25) is 10.0 Å². The zero-order valence-electron chi connectivity index (χ0n) is 16.4. The molecule has 0 aromatic heterocycles. The van der Waals surface area contributed by atoms with Crippen molar-refractivity contribution in [3.8, 4) is 5.75 Å². The number of amides is 3. The van der Waals surface area contributed by atoms with Gasteiger partial charge in [-0.3, -0.25) is 9.69 Å². The molecule has 31 heavy (non-hydrogen) atoms. The zero-order chi connectivity index (χ0) is 21.8. The largest absolute Gasteiger partial charge is 0.488 e. The van der Waals surface area contributed by atoms with Crippen molar-refractivity contribution in [2.75, 3.05) is 23.3 Å². The SMILES string of the molecule is O=C(Nc1cccc(N2CCNC2=O)c1)c1ccccc1OCc1ccc(Cl)cc1Cl. The monoisotopic (exact) mass is 455 g/mol. The summed E-state index contributed by atoms with van der Waals surface area (Å²) in [6.45, 7) is 1.37. The molecule has 6 nitrogen and oxygen atoms in total. The minimum absolute atomic E-state index is 0.150. The molecule has 1 aliphatic rings. The molecule has 1 aliphatic heterocycles. The van der Waals surface area contributed by atoms with Gasteiger partial charge in [-0.2, -0.15) is 0 Å². The lowest BCUT2D eigenvalue weighted by Gasteiger charge is -2.16. The van der Waals surface area contributed by atoms with Crippen LogP contribution in [0, 0.1) is 0 Å². The number of carbonyl (C=O) groups excluding carboxylic acids is 2. The molecule has 0 aliphatic carbocycles. The maximum Gasteiger partial charge on any atom is 0.321 e. The molecule has 0 atom stereocenters. The molecule has 1 fully saturated rings. The average Bonchev–Trinajstić information content (AvgIpc) is 3.19. The summed E-state index contributed by atoms with van der Waals surface area (Å²) in [6, 6.07) is 19.1. The molecule has 0 unspecified atom stereocenters. The Kier molecular flexibility index (Phi) is 6.30. The Morgan fingerprint density at radius 2 is 1.90 bits per heavy atom. The van der Waals surface area contributed by atoms with Crippen LogP contribution in [0.15, 0.2) is 66.7 Å². The molecule has 0 saturated carbocycles. The van der Waals surface area contributed by atoms with Crippen molar-refractivity contribution in [1.82, 2.24) is 5.32 Å². The van der Waals surface area contributed by atoms with Crippen molar-refractivity contribution in [2.45, 2.75) is 6.61 Å². The van der Waals surface area contributed by atoms with E-state index < -0.39 is 0 Å². The normalized spacial score (nSPS) is 13.1. The maximum atomic E-state index is 12.9. The number of rotatable bonds is 6. The van der Waals surface area contributed by atoms with Crippen LogP contribution < -0.4 is 20.3 Å². The van der Waals surface area contributed by atoms with Crippen LogP contribution in [0.3, 0.4) is 0 Å². The summed E-state index contributed by atoms with van der Waals surface area (Å²) in [6.07, 6.45) is 0. The summed E-state index contributed by atoms with van der Waals surface area (Å²) in [5.74, 6) is 0.113. The second kappa shape index (κ2) is 9.29. The van der Waals surface area contributed by atoms with Gasteiger partial charge in [0.2, 0.25) is 0 Å². The highest BCUT2D eigenvalue weighted by Gasteiger charge is 2.21. The van der Waals surface area contributed by atoms with Gasteiger partial charge >= 0.3 is 6.03 Å². The van der Waals surface area contributed by atoms with Crippen molar-refractivity contribution in [1.29, 1.82) is 0 Å².